The Morgan fingerprint density at radius 3 is 2.45 bits per heavy atom. The summed E-state index contributed by atoms with van der Waals surface area (Å²) in [5.41, 5.74) is 0.849. The number of carboxylic acid groups (broad SMARTS) is 1. The van der Waals surface area contributed by atoms with Crippen molar-refractivity contribution in [2.75, 3.05) is 27.3 Å². The second kappa shape index (κ2) is 19.4. The Labute approximate surface area is 252 Å². The molecule has 1 aromatic heterocycles. The Hall–Kier alpha value is -3.78. The number of hydrogen-bond acceptors (Lipinski definition) is 7. The van der Waals surface area contributed by atoms with Gasteiger partial charge in [0.1, 0.15) is 18.3 Å². The molecule has 2 aliphatic rings. The first kappa shape index (κ1) is 36.2. The SMILES string of the molecule is C#CCCCC1CC1.CC(C)C.COC(=O)C1CCCN1C(=O)CNC(=O)O.COc1ccc2nc(Cl)c(=O)[nH]c2c1. The number of fused-ring (bicyclic) bond motifs is 1. The van der Waals surface area contributed by atoms with Gasteiger partial charge in [0.2, 0.25) is 5.91 Å². The topological polar surface area (TPSA) is 151 Å². The molecule has 4 rings (SSSR count). The molecule has 11 nitrogen and oxygen atoms in total. The predicted molar refractivity (Wildman–Crippen MR) is 163 cm³/mol. The van der Waals surface area contributed by atoms with Crippen molar-refractivity contribution in [2.24, 2.45) is 11.8 Å². The lowest BCUT2D eigenvalue weighted by molar-refractivity contribution is -0.150. The molecule has 2 fully saturated rings. The van der Waals surface area contributed by atoms with E-state index in [0.717, 1.165) is 24.7 Å². The summed E-state index contributed by atoms with van der Waals surface area (Å²) in [6, 6.07) is 4.60. The molecule has 2 amide bonds. The van der Waals surface area contributed by atoms with E-state index in [4.69, 9.17) is 27.9 Å². The number of hydrogen-bond donors (Lipinski definition) is 3. The van der Waals surface area contributed by atoms with Gasteiger partial charge in [-0.1, -0.05) is 45.2 Å². The second-order valence-corrected chi connectivity index (χ2v) is 10.8. The number of terminal acetylenes is 1. The number of aromatic amines is 1. The van der Waals surface area contributed by atoms with Crippen molar-refractivity contribution in [3.8, 4) is 18.1 Å². The summed E-state index contributed by atoms with van der Waals surface area (Å²) in [5, 5.41) is 10.3. The van der Waals surface area contributed by atoms with Crippen LogP contribution in [-0.2, 0) is 14.3 Å². The number of amides is 2. The van der Waals surface area contributed by atoms with Crippen LogP contribution in [0.15, 0.2) is 23.0 Å². The average molecular weight is 607 g/mol. The van der Waals surface area contributed by atoms with Crippen LogP contribution in [0.3, 0.4) is 0 Å². The van der Waals surface area contributed by atoms with Crippen molar-refractivity contribution in [2.45, 2.75) is 71.8 Å². The molecule has 2 heterocycles. The average Bonchev–Trinajstić information content (AvgIpc) is 3.64. The fourth-order valence-corrected chi connectivity index (χ4v) is 3.91. The molecule has 1 saturated carbocycles. The van der Waals surface area contributed by atoms with E-state index in [1.165, 1.54) is 37.7 Å². The van der Waals surface area contributed by atoms with Gasteiger partial charge < -0.3 is 29.8 Å². The Bertz CT molecular complexity index is 1250. The number of unbranched alkanes of at least 4 members (excludes halogenated alkanes) is 1. The Morgan fingerprint density at radius 2 is 1.90 bits per heavy atom. The van der Waals surface area contributed by atoms with Gasteiger partial charge in [-0.2, -0.15) is 0 Å². The Balaban J connectivity index is 0.000000308. The minimum Gasteiger partial charge on any atom is -0.497 e. The summed E-state index contributed by atoms with van der Waals surface area (Å²) in [4.78, 5) is 52.1. The van der Waals surface area contributed by atoms with E-state index in [1.54, 1.807) is 25.3 Å². The van der Waals surface area contributed by atoms with Crippen LogP contribution < -0.4 is 15.6 Å². The number of nitrogens with zero attached hydrogens (tertiary/aromatic N) is 2. The number of likely N-dealkylation sites (tertiary alicyclic amines) is 1. The summed E-state index contributed by atoms with van der Waals surface area (Å²) in [7, 11) is 2.82. The van der Waals surface area contributed by atoms with E-state index in [0.29, 0.717) is 29.7 Å². The van der Waals surface area contributed by atoms with Gasteiger partial charge in [0.05, 0.1) is 25.3 Å². The van der Waals surface area contributed by atoms with Crippen LogP contribution in [0.1, 0.15) is 65.7 Å². The molecule has 0 radical (unpaired) electrons. The third-order valence-electron chi connectivity index (χ3n) is 5.93. The zero-order valence-electron chi connectivity index (χ0n) is 25.1. The van der Waals surface area contributed by atoms with Gasteiger partial charge in [-0.25, -0.2) is 14.6 Å². The van der Waals surface area contributed by atoms with Gasteiger partial charge in [0.15, 0.2) is 5.15 Å². The lowest BCUT2D eigenvalue weighted by Crippen LogP contribution is -2.45. The Morgan fingerprint density at radius 1 is 1.24 bits per heavy atom. The van der Waals surface area contributed by atoms with Crippen molar-refractivity contribution in [3.05, 3.63) is 33.7 Å². The molecule has 0 bridgehead atoms. The molecule has 232 valence electrons. The summed E-state index contributed by atoms with van der Waals surface area (Å²) in [5.74, 6) is 4.34. The lowest BCUT2D eigenvalue weighted by atomic mass is 10.2. The van der Waals surface area contributed by atoms with E-state index in [2.05, 4.69) is 41.4 Å². The lowest BCUT2D eigenvalue weighted by Gasteiger charge is -2.22. The smallest absolute Gasteiger partial charge is 0.405 e. The monoisotopic (exact) mass is 606 g/mol. The number of aromatic nitrogens is 2. The normalized spacial score (nSPS) is 15.1. The fraction of sp³-hybridized carbons (Fsp3) is 0.567. The number of carbonyl (C=O) groups is 3. The predicted octanol–water partition coefficient (Wildman–Crippen LogP) is 4.87. The molecule has 1 aliphatic heterocycles. The van der Waals surface area contributed by atoms with Gasteiger partial charge >= 0.3 is 12.1 Å². The number of esters is 1. The van der Waals surface area contributed by atoms with Crippen LogP contribution in [0.4, 0.5) is 4.79 Å². The molecule has 1 unspecified atom stereocenters. The Kier molecular flexibility index (Phi) is 16.7. The summed E-state index contributed by atoms with van der Waals surface area (Å²) in [6.07, 6.45) is 11.6. The molecule has 42 heavy (non-hydrogen) atoms. The number of H-pyrrole nitrogens is 1. The molecule has 1 saturated heterocycles. The highest BCUT2D eigenvalue weighted by atomic mass is 35.5. The molecule has 1 atom stereocenters. The number of rotatable bonds is 7. The van der Waals surface area contributed by atoms with Crippen LogP contribution in [0.2, 0.25) is 5.15 Å². The minimum absolute atomic E-state index is 0.0531. The largest absolute Gasteiger partial charge is 0.497 e. The van der Waals surface area contributed by atoms with Crippen LogP contribution in [-0.4, -0.2) is 71.3 Å². The van der Waals surface area contributed by atoms with Crippen molar-refractivity contribution in [1.82, 2.24) is 20.2 Å². The maximum atomic E-state index is 11.6. The summed E-state index contributed by atoms with van der Waals surface area (Å²) in [6.45, 7) is 6.64. The van der Waals surface area contributed by atoms with E-state index >= 15 is 0 Å². The maximum absolute atomic E-state index is 11.6. The number of ether oxygens (including phenoxy) is 2. The highest BCUT2D eigenvalue weighted by Gasteiger charge is 2.34. The maximum Gasteiger partial charge on any atom is 0.405 e. The van der Waals surface area contributed by atoms with Crippen LogP contribution in [0.5, 0.6) is 5.75 Å². The zero-order valence-corrected chi connectivity index (χ0v) is 25.8. The van der Waals surface area contributed by atoms with Gasteiger partial charge in [-0.15, -0.1) is 12.3 Å². The van der Waals surface area contributed by atoms with Crippen molar-refractivity contribution < 1.29 is 29.0 Å². The quantitative estimate of drug-likeness (QED) is 0.229. The molecule has 12 heteroatoms. The molecule has 3 N–H and O–H groups in total. The van der Waals surface area contributed by atoms with Gasteiger partial charge in [-0.3, -0.25) is 9.59 Å². The number of benzene rings is 1. The first-order valence-electron chi connectivity index (χ1n) is 13.9. The zero-order chi connectivity index (χ0) is 31.7. The van der Waals surface area contributed by atoms with Crippen molar-refractivity contribution in [3.63, 3.8) is 0 Å². The van der Waals surface area contributed by atoms with Crippen molar-refractivity contribution >= 4 is 40.6 Å². The van der Waals surface area contributed by atoms with E-state index in [1.807, 2.05) is 5.32 Å². The third-order valence-corrected chi connectivity index (χ3v) is 6.18. The number of carbonyl (C=O) groups excluding carboxylic acids is 2. The summed E-state index contributed by atoms with van der Waals surface area (Å²) >= 11 is 5.58. The molecule has 0 spiro atoms. The van der Waals surface area contributed by atoms with Crippen molar-refractivity contribution in [1.29, 1.82) is 0 Å². The summed E-state index contributed by atoms with van der Waals surface area (Å²) < 4.78 is 9.58. The van der Waals surface area contributed by atoms with Crippen LogP contribution in [0, 0.1) is 24.2 Å². The molecule has 2 aromatic rings. The van der Waals surface area contributed by atoms with Gasteiger partial charge in [0.25, 0.3) is 5.56 Å². The first-order valence-corrected chi connectivity index (χ1v) is 14.3. The molecule has 1 aliphatic carbocycles. The fourth-order valence-electron chi connectivity index (χ4n) is 3.77. The number of methoxy groups -OCH3 is 2. The minimum atomic E-state index is -1.26. The highest BCUT2D eigenvalue weighted by molar-refractivity contribution is 6.29. The number of halogens is 1. The number of nitrogens with one attached hydrogen (secondary N) is 2. The van der Waals surface area contributed by atoms with E-state index < -0.39 is 29.6 Å². The third kappa shape index (κ3) is 14.2. The molecule has 1 aromatic carbocycles. The van der Waals surface area contributed by atoms with Crippen LogP contribution >= 0.6 is 11.6 Å². The van der Waals surface area contributed by atoms with Gasteiger partial charge in [-0.05, 0) is 49.7 Å². The van der Waals surface area contributed by atoms with E-state index in [-0.39, 0.29) is 11.7 Å². The van der Waals surface area contributed by atoms with Crippen LogP contribution in [0.25, 0.3) is 11.0 Å². The second-order valence-electron chi connectivity index (χ2n) is 10.4. The first-order chi connectivity index (χ1) is 19.9. The van der Waals surface area contributed by atoms with E-state index in [9.17, 15) is 19.2 Å². The standard InChI is InChI=1S/C9H7ClN2O2.C9H14N2O5.C8H12.C4H10/c1-14-5-2-3-6-7(4-5)12-9(13)8(10)11-6;1-16-8(13)6-3-2-4-11(6)7(12)5-10-9(14)15;1-2-3-4-5-8-6-7-8;1-4(2)3/h2-4H,1H3,(H,12,13);6,10H,2-5H2,1H3,(H,14,15);1,8H,3-7H2;4H,1-3H3. The highest BCUT2D eigenvalue weighted by Crippen LogP contribution is 2.33. The molecular weight excluding hydrogens is 564 g/mol. The molecular formula is C30H43ClN4O7. The van der Waals surface area contributed by atoms with Gasteiger partial charge in [0, 0.05) is 19.0 Å².